The summed E-state index contributed by atoms with van der Waals surface area (Å²) in [6.45, 7) is 4.71. The van der Waals surface area contributed by atoms with E-state index in [9.17, 15) is 19.2 Å². The molecule has 2 N–H and O–H groups in total. The van der Waals surface area contributed by atoms with Crippen LogP contribution in [0.25, 0.3) is 10.2 Å². The molecule has 8 nitrogen and oxygen atoms in total. The van der Waals surface area contributed by atoms with Gasteiger partial charge in [-0.2, -0.15) is 0 Å². The van der Waals surface area contributed by atoms with Crippen LogP contribution in [0.1, 0.15) is 41.4 Å². The predicted molar refractivity (Wildman–Crippen MR) is 98.0 cm³/mol. The number of carbonyl (C=O) groups excluding carboxylic acids is 1. The maximum Gasteiger partial charge on any atom is 0.329 e. The van der Waals surface area contributed by atoms with Crippen LogP contribution in [0, 0.1) is 12.8 Å². The summed E-state index contributed by atoms with van der Waals surface area (Å²) >= 11 is 1.13. The number of H-pyrrole nitrogens is 1. The van der Waals surface area contributed by atoms with Crippen molar-refractivity contribution in [3.05, 3.63) is 31.3 Å². The maximum absolute atomic E-state index is 12.9. The smallest absolute Gasteiger partial charge is 0.329 e. The molecule has 0 unspecified atom stereocenters. The third-order valence-corrected chi connectivity index (χ3v) is 6.14. The van der Waals surface area contributed by atoms with Crippen LogP contribution in [0.3, 0.4) is 0 Å². The molecule has 140 valence electrons. The number of aryl methyl sites for hydroxylation is 1. The quantitative estimate of drug-likeness (QED) is 0.834. The Hall–Kier alpha value is -2.42. The summed E-state index contributed by atoms with van der Waals surface area (Å²) in [5, 5.41) is 9.28. The number of fused-ring (bicyclic) bond motifs is 1. The molecule has 0 bridgehead atoms. The molecule has 3 rings (SSSR count). The van der Waals surface area contributed by atoms with Crippen molar-refractivity contribution in [3.63, 3.8) is 0 Å². The first-order valence-electron chi connectivity index (χ1n) is 8.60. The van der Waals surface area contributed by atoms with Gasteiger partial charge in [-0.25, -0.2) is 4.79 Å². The lowest BCUT2D eigenvalue weighted by atomic mass is 9.93. The van der Waals surface area contributed by atoms with Gasteiger partial charge in [0.05, 0.1) is 10.3 Å². The lowest BCUT2D eigenvalue weighted by Crippen LogP contribution is -2.38. The van der Waals surface area contributed by atoms with Gasteiger partial charge in [-0.3, -0.25) is 23.9 Å². The van der Waals surface area contributed by atoms with E-state index in [4.69, 9.17) is 5.11 Å². The number of nitrogens with one attached hydrogen (secondary N) is 1. The first kappa shape index (κ1) is 18.4. The molecule has 0 aliphatic carbocycles. The molecule has 26 heavy (non-hydrogen) atoms. The first-order chi connectivity index (χ1) is 12.3. The summed E-state index contributed by atoms with van der Waals surface area (Å²) in [4.78, 5) is 53.5. The van der Waals surface area contributed by atoms with Crippen molar-refractivity contribution in [2.45, 2.75) is 39.7 Å². The summed E-state index contributed by atoms with van der Waals surface area (Å²) in [5.41, 5.74) is -0.259. The monoisotopic (exact) mass is 379 g/mol. The van der Waals surface area contributed by atoms with Gasteiger partial charge in [0.15, 0.2) is 0 Å². The molecule has 3 heterocycles. The van der Waals surface area contributed by atoms with E-state index in [1.165, 1.54) is 0 Å². The second kappa shape index (κ2) is 7.06. The van der Waals surface area contributed by atoms with Gasteiger partial charge in [-0.15, -0.1) is 11.3 Å². The van der Waals surface area contributed by atoms with Crippen molar-refractivity contribution in [3.8, 4) is 0 Å². The molecule has 1 saturated heterocycles. The van der Waals surface area contributed by atoms with Crippen LogP contribution in [-0.2, 0) is 11.3 Å². The maximum atomic E-state index is 12.9. The predicted octanol–water partition coefficient (Wildman–Crippen LogP) is 1.41. The topological polar surface area (TPSA) is 112 Å². The van der Waals surface area contributed by atoms with Gasteiger partial charge in [-0.05, 0) is 38.2 Å². The van der Waals surface area contributed by atoms with E-state index >= 15 is 0 Å². The number of rotatable bonds is 4. The number of piperidine rings is 1. The van der Waals surface area contributed by atoms with Crippen LogP contribution >= 0.6 is 11.3 Å². The number of aromatic nitrogens is 2. The summed E-state index contributed by atoms with van der Waals surface area (Å²) in [6.07, 6.45) is 1.44. The molecule has 1 amide bonds. The Labute approximate surface area is 153 Å². The number of carbonyl (C=O) groups is 2. The molecule has 9 heteroatoms. The Bertz CT molecular complexity index is 979. The van der Waals surface area contributed by atoms with E-state index in [1.807, 2.05) is 0 Å². The van der Waals surface area contributed by atoms with Gasteiger partial charge in [0.25, 0.3) is 11.5 Å². The average molecular weight is 379 g/mol. The minimum absolute atomic E-state index is 0.0909. The van der Waals surface area contributed by atoms with E-state index in [0.29, 0.717) is 46.6 Å². The van der Waals surface area contributed by atoms with Gasteiger partial charge in [-0.1, -0.05) is 0 Å². The molecule has 0 saturated carbocycles. The second-order valence-corrected chi connectivity index (χ2v) is 7.59. The zero-order valence-electron chi connectivity index (χ0n) is 14.7. The van der Waals surface area contributed by atoms with Gasteiger partial charge >= 0.3 is 11.7 Å². The fourth-order valence-electron chi connectivity index (χ4n) is 3.47. The number of hydrogen-bond donors (Lipinski definition) is 2. The number of nitrogens with zero attached hydrogens (tertiary/aromatic N) is 2. The van der Waals surface area contributed by atoms with Crippen LogP contribution < -0.4 is 11.2 Å². The summed E-state index contributed by atoms with van der Waals surface area (Å²) < 4.78 is 1.12. The van der Waals surface area contributed by atoms with E-state index in [0.717, 1.165) is 15.9 Å². The molecular formula is C17H21N3O5S. The van der Waals surface area contributed by atoms with Crippen LogP contribution in [-0.4, -0.2) is 44.5 Å². The Balaban J connectivity index is 1.89. The summed E-state index contributed by atoms with van der Waals surface area (Å²) in [6, 6.07) is 0. The molecule has 1 aliphatic rings. The Morgan fingerprint density at radius 1 is 1.27 bits per heavy atom. The fraction of sp³-hybridized carbons (Fsp3) is 0.529. The number of carboxylic acids is 1. The third-order valence-electron chi connectivity index (χ3n) is 4.95. The molecule has 1 aliphatic heterocycles. The van der Waals surface area contributed by atoms with Crippen LogP contribution in [0.4, 0.5) is 0 Å². The lowest BCUT2D eigenvalue weighted by molar-refractivity contribution is -0.138. The number of hydrogen-bond acceptors (Lipinski definition) is 5. The van der Waals surface area contributed by atoms with Gasteiger partial charge in [0.1, 0.15) is 4.83 Å². The van der Waals surface area contributed by atoms with Crippen molar-refractivity contribution in [2.75, 3.05) is 13.1 Å². The SMILES string of the molecule is CCn1c(=O)[nH]c2sc(C(=O)N3CCC(CC(=O)O)CC3)c(C)c2c1=O. The number of carboxylic acid groups (broad SMARTS) is 1. The van der Waals surface area contributed by atoms with Crippen LogP contribution in [0.15, 0.2) is 9.59 Å². The number of likely N-dealkylation sites (tertiary alicyclic amines) is 1. The molecule has 1 fully saturated rings. The van der Waals surface area contributed by atoms with Gasteiger partial charge in [0.2, 0.25) is 0 Å². The van der Waals surface area contributed by atoms with Crippen molar-refractivity contribution in [1.82, 2.24) is 14.5 Å². The van der Waals surface area contributed by atoms with Crippen LogP contribution in [0.2, 0.25) is 0 Å². The van der Waals surface area contributed by atoms with E-state index in [-0.39, 0.29) is 30.3 Å². The molecule has 0 atom stereocenters. The Morgan fingerprint density at radius 2 is 1.92 bits per heavy atom. The average Bonchev–Trinajstić information content (AvgIpc) is 2.91. The van der Waals surface area contributed by atoms with Crippen molar-refractivity contribution < 1.29 is 14.7 Å². The standard InChI is InChI=1S/C17H21N3O5S/c1-3-20-15(23)12-9(2)13(26-14(12)18-17(20)25)16(24)19-6-4-10(5-7-19)8-11(21)22/h10H,3-8H2,1-2H3,(H,18,25)(H,21,22). The minimum atomic E-state index is -0.814. The first-order valence-corrected chi connectivity index (χ1v) is 9.42. The highest BCUT2D eigenvalue weighted by Crippen LogP contribution is 2.29. The van der Waals surface area contributed by atoms with Crippen LogP contribution in [0.5, 0.6) is 0 Å². The number of amides is 1. The zero-order valence-corrected chi connectivity index (χ0v) is 15.5. The number of thiophene rings is 1. The highest BCUT2D eigenvalue weighted by Gasteiger charge is 2.28. The van der Waals surface area contributed by atoms with E-state index in [1.54, 1.807) is 18.7 Å². The van der Waals surface area contributed by atoms with E-state index < -0.39 is 11.7 Å². The fourth-order valence-corrected chi connectivity index (χ4v) is 4.63. The van der Waals surface area contributed by atoms with Gasteiger partial charge in [0, 0.05) is 26.1 Å². The molecule has 0 spiro atoms. The molecule has 2 aromatic rings. The largest absolute Gasteiger partial charge is 0.481 e. The second-order valence-electron chi connectivity index (χ2n) is 6.57. The van der Waals surface area contributed by atoms with Crippen molar-refractivity contribution in [1.29, 1.82) is 0 Å². The number of aromatic amines is 1. The van der Waals surface area contributed by atoms with Gasteiger partial charge < -0.3 is 10.0 Å². The molecule has 0 aromatic carbocycles. The van der Waals surface area contributed by atoms with Crippen molar-refractivity contribution in [2.24, 2.45) is 5.92 Å². The molecule has 2 aromatic heterocycles. The molecule has 0 radical (unpaired) electrons. The Kier molecular flexibility index (Phi) is 4.99. The summed E-state index contributed by atoms with van der Waals surface area (Å²) in [7, 11) is 0. The summed E-state index contributed by atoms with van der Waals surface area (Å²) in [5.74, 6) is -0.889. The van der Waals surface area contributed by atoms with E-state index in [2.05, 4.69) is 4.98 Å². The zero-order chi connectivity index (χ0) is 19.0. The lowest BCUT2D eigenvalue weighted by Gasteiger charge is -2.31. The minimum Gasteiger partial charge on any atom is -0.481 e. The normalized spacial score (nSPS) is 15.5. The highest BCUT2D eigenvalue weighted by atomic mass is 32.1. The highest BCUT2D eigenvalue weighted by molar-refractivity contribution is 7.20. The molecular weight excluding hydrogens is 358 g/mol. The number of aliphatic carboxylic acids is 1. The van der Waals surface area contributed by atoms with Crippen molar-refractivity contribution >= 4 is 33.4 Å². The third kappa shape index (κ3) is 3.18. The Morgan fingerprint density at radius 3 is 2.50 bits per heavy atom.